The summed E-state index contributed by atoms with van der Waals surface area (Å²) in [5.41, 5.74) is 0. The van der Waals surface area contributed by atoms with Crippen molar-refractivity contribution in [1.82, 2.24) is 0 Å². The van der Waals surface area contributed by atoms with E-state index in [0.717, 1.165) is 5.41 Å². The second-order valence-corrected chi connectivity index (χ2v) is 3.04. The van der Waals surface area contributed by atoms with Crippen molar-refractivity contribution in [2.75, 3.05) is 6.61 Å². The maximum absolute atomic E-state index is 10.4. The molecular formula is C5H11NaO3S. The Hall–Kier alpha value is 0.650. The van der Waals surface area contributed by atoms with Crippen LogP contribution in [0.1, 0.15) is 13.3 Å². The predicted octanol–water partition coefficient (Wildman–Crippen LogP) is 0.238. The minimum atomic E-state index is -3.42. The Morgan fingerprint density at radius 3 is 2.40 bits per heavy atom. The summed E-state index contributed by atoms with van der Waals surface area (Å²) in [4.78, 5) is 0. The van der Waals surface area contributed by atoms with Gasteiger partial charge in [-0.2, -0.15) is 8.42 Å². The van der Waals surface area contributed by atoms with Crippen LogP contribution in [0.4, 0.5) is 0 Å². The summed E-state index contributed by atoms with van der Waals surface area (Å²) < 4.78 is 25.2. The summed E-state index contributed by atoms with van der Waals surface area (Å²) >= 11 is 0. The molecule has 0 unspecified atom stereocenters. The van der Waals surface area contributed by atoms with Crippen LogP contribution in [0, 0.1) is 0 Å². The molecule has 0 atom stereocenters. The zero-order valence-corrected chi connectivity index (χ0v) is 6.15. The Kier molecular flexibility index (Phi) is 8.44. The van der Waals surface area contributed by atoms with Crippen molar-refractivity contribution in [2.45, 2.75) is 13.3 Å². The summed E-state index contributed by atoms with van der Waals surface area (Å²) in [7, 11) is -3.42. The van der Waals surface area contributed by atoms with Gasteiger partial charge in [-0.3, -0.25) is 4.18 Å². The first-order chi connectivity index (χ1) is 4.12. The third-order valence-electron chi connectivity index (χ3n) is 0.656. The fraction of sp³-hybridized carbons (Fsp3) is 0.600. The molecule has 0 rings (SSSR count). The quantitative estimate of drug-likeness (QED) is 0.453. The van der Waals surface area contributed by atoms with Crippen LogP contribution in [0.3, 0.4) is 0 Å². The van der Waals surface area contributed by atoms with Gasteiger partial charge in [-0.05, 0) is 6.42 Å². The van der Waals surface area contributed by atoms with E-state index < -0.39 is 10.1 Å². The molecule has 56 valence electrons. The Bertz CT molecular complexity index is 173. The van der Waals surface area contributed by atoms with Gasteiger partial charge in [0.1, 0.15) is 0 Å². The monoisotopic (exact) mass is 174 g/mol. The van der Waals surface area contributed by atoms with Gasteiger partial charge in [-0.1, -0.05) is 13.5 Å². The molecule has 0 spiro atoms. The van der Waals surface area contributed by atoms with Gasteiger partial charge in [0.05, 0.1) is 12.0 Å². The molecule has 10 heavy (non-hydrogen) atoms. The molecular weight excluding hydrogens is 163 g/mol. The van der Waals surface area contributed by atoms with Gasteiger partial charge >= 0.3 is 29.6 Å². The topological polar surface area (TPSA) is 43.4 Å². The van der Waals surface area contributed by atoms with Crippen LogP contribution >= 0.6 is 0 Å². The molecule has 0 heterocycles. The molecule has 0 aliphatic heterocycles. The standard InChI is InChI=1S/C5H10O3S.Na.H/c1-3-5-8-9(6,7)4-2;;/h4H,2-3,5H2,1H3;;. The molecule has 0 aromatic heterocycles. The number of hydrogen-bond acceptors (Lipinski definition) is 3. The van der Waals surface area contributed by atoms with Crippen LogP contribution in [0.2, 0.25) is 0 Å². The van der Waals surface area contributed by atoms with Crippen molar-refractivity contribution in [1.29, 1.82) is 0 Å². The molecule has 5 heteroatoms. The molecule has 0 N–H and O–H groups in total. The summed E-state index contributed by atoms with van der Waals surface area (Å²) in [6.07, 6.45) is 0.688. The summed E-state index contributed by atoms with van der Waals surface area (Å²) in [5, 5.41) is 0.794. The van der Waals surface area contributed by atoms with Crippen LogP contribution in [0.15, 0.2) is 12.0 Å². The summed E-state index contributed by atoms with van der Waals surface area (Å²) in [6, 6.07) is 0. The first kappa shape index (κ1) is 13.3. The van der Waals surface area contributed by atoms with E-state index in [9.17, 15) is 8.42 Å². The van der Waals surface area contributed by atoms with Crippen molar-refractivity contribution < 1.29 is 12.6 Å². The molecule has 0 saturated heterocycles. The fourth-order valence-electron chi connectivity index (χ4n) is 0.248. The average Bonchev–Trinajstić information content (AvgIpc) is 1.84. The van der Waals surface area contributed by atoms with Gasteiger partial charge in [-0.25, -0.2) is 0 Å². The molecule has 0 aromatic carbocycles. The van der Waals surface area contributed by atoms with Crippen LogP contribution < -0.4 is 0 Å². The third-order valence-corrected chi connectivity index (χ3v) is 1.56. The van der Waals surface area contributed by atoms with Crippen LogP contribution in [-0.4, -0.2) is 44.6 Å². The van der Waals surface area contributed by atoms with Gasteiger partial charge in [0, 0.05) is 0 Å². The zero-order chi connectivity index (χ0) is 7.33. The molecule has 0 fully saturated rings. The van der Waals surface area contributed by atoms with Gasteiger partial charge in [-0.15, -0.1) is 0 Å². The molecule has 0 aromatic rings. The van der Waals surface area contributed by atoms with E-state index in [0.29, 0.717) is 6.42 Å². The maximum atomic E-state index is 10.4. The molecule has 0 amide bonds. The second-order valence-electron chi connectivity index (χ2n) is 1.48. The molecule has 0 radical (unpaired) electrons. The first-order valence-corrected chi connectivity index (χ1v) is 4.11. The van der Waals surface area contributed by atoms with E-state index in [1.54, 1.807) is 0 Å². The van der Waals surface area contributed by atoms with Gasteiger partial charge in [0.2, 0.25) is 0 Å². The van der Waals surface area contributed by atoms with E-state index in [4.69, 9.17) is 0 Å². The third kappa shape index (κ3) is 6.77. The number of hydrogen-bond donors (Lipinski definition) is 0. The van der Waals surface area contributed by atoms with Crippen LogP contribution in [0.25, 0.3) is 0 Å². The van der Waals surface area contributed by atoms with E-state index in [1.807, 2.05) is 6.92 Å². The minimum absolute atomic E-state index is 0. The van der Waals surface area contributed by atoms with Crippen molar-refractivity contribution in [3.05, 3.63) is 12.0 Å². The first-order valence-electron chi connectivity index (χ1n) is 2.64. The summed E-state index contributed by atoms with van der Waals surface area (Å²) in [5.74, 6) is 0. The second kappa shape index (κ2) is 6.37. The van der Waals surface area contributed by atoms with E-state index in [2.05, 4.69) is 10.8 Å². The van der Waals surface area contributed by atoms with Gasteiger partial charge in [0.25, 0.3) is 10.1 Å². The zero-order valence-electron chi connectivity index (χ0n) is 5.33. The van der Waals surface area contributed by atoms with E-state index >= 15 is 0 Å². The molecule has 0 saturated carbocycles. The van der Waals surface area contributed by atoms with Crippen molar-refractivity contribution in [3.63, 3.8) is 0 Å². The Balaban J connectivity index is 0. The van der Waals surface area contributed by atoms with E-state index in [-0.39, 0.29) is 36.2 Å². The van der Waals surface area contributed by atoms with Crippen LogP contribution in [-0.2, 0) is 14.3 Å². The SMILES string of the molecule is C=CS(=O)(=O)OCCC.[NaH]. The van der Waals surface area contributed by atoms with E-state index in [1.165, 1.54) is 0 Å². The summed E-state index contributed by atoms with van der Waals surface area (Å²) in [6.45, 7) is 5.13. The Labute approximate surface area is 83.9 Å². The van der Waals surface area contributed by atoms with Crippen LogP contribution in [0.5, 0.6) is 0 Å². The van der Waals surface area contributed by atoms with Crippen molar-refractivity contribution in [3.8, 4) is 0 Å². The molecule has 0 aliphatic carbocycles. The van der Waals surface area contributed by atoms with Crippen molar-refractivity contribution in [2.24, 2.45) is 0 Å². The predicted molar refractivity (Wildman–Crippen MR) is 42.5 cm³/mol. The number of rotatable bonds is 4. The fourth-order valence-corrected chi connectivity index (χ4v) is 0.743. The Morgan fingerprint density at radius 1 is 1.60 bits per heavy atom. The van der Waals surface area contributed by atoms with Gasteiger partial charge < -0.3 is 0 Å². The average molecular weight is 174 g/mol. The van der Waals surface area contributed by atoms with Crippen molar-refractivity contribution >= 4 is 39.7 Å². The normalized spacial score (nSPS) is 10.1. The molecule has 3 nitrogen and oxygen atoms in total. The Morgan fingerprint density at radius 2 is 2.10 bits per heavy atom. The van der Waals surface area contributed by atoms with Gasteiger partial charge in [0.15, 0.2) is 0 Å². The molecule has 0 aliphatic rings. The molecule has 0 bridgehead atoms.